The Hall–Kier alpha value is -0.800. The first-order valence-electron chi connectivity index (χ1n) is 3.85. The number of phenols is 1. The smallest absolute Gasteiger partial charge is 0.146 e. The van der Waals surface area contributed by atoms with Crippen molar-refractivity contribution in [2.45, 2.75) is 12.6 Å². The molecule has 0 aliphatic rings. The molecule has 0 heterocycles. The van der Waals surface area contributed by atoms with Crippen LogP contribution in [0, 0.1) is 0 Å². The summed E-state index contributed by atoms with van der Waals surface area (Å²) in [6, 6.07) is 4.11. The lowest BCUT2D eigenvalue weighted by molar-refractivity contribution is 0.203. The van der Waals surface area contributed by atoms with Crippen LogP contribution in [0.2, 0.25) is 5.02 Å². The van der Waals surface area contributed by atoms with Crippen molar-refractivity contribution in [1.82, 2.24) is 0 Å². The molecule has 0 saturated carbocycles. The van der Waals surface area contributed by atoms with Crippen LogP contribution in [0.5, 0.6) is 5.75 Å². The molecule has 0 saturated heterocycles. The lowest BCUT2D eigenvalue weighted by atomic mass is 9.98. The van der Waals surface area contributed by atoms with Crippen LogP contribution in [0.3, 0.4) is 0 Å². The molecule has 13 heavy (non-hydrogen) atoms. The summed E-state index contributed by atoms with van der Waals surface area (Å²) in [6.45, 7) is 1.21. The van der Waals surface area contributed by atoms with Gasteiger partial charge in [0.1, 0.15) is 11.4 Å². The van der Waals surface area contributed by atoms with E-state index in [0.717, 1.165) is 0 Å². The van der Waals surface area contributed by atoms with Gasteiger partial charge in [-0.15, -0.1) is 0 Å². The maximum atomic E-state index is 13.7. The average molecular weight is 204 g/mol. The third-order valence-corrected chi connectivity index (χ3v) is 2.21. The summed E-state index contributed by atoms with van der Waals surface area (Å²) in [6.07, 6.45) is 0. The van der Waals surface area contributed by atoms with Crippen molar-refractivity contribution in [1.29, 1.82) is 0 Å². The Morgan fingerprint density at radius 1 is 1.62 bits per heavy atom. The summed E-state index contributed by atoms with van der Waals surface area (Å²) in [5.41, 5.74) is 3.90. The second kappa shape index (κ2) is 3.52. The van der Waals surface area contributed by atoms with Crippen LogP contribution in [-0.4, -0.2) is 11.7 Å². The fourth-order valence-electron chi connectivity index (χ4n) is 1.04. The van der Waals surface area contributed by atoms with Crippen LogP contribution in [0.4, 0.5) is 4.39 Å². The van der Waals surface area contributed by atoms with Gasteiger partial charge in [-0.2, -0.15) is 0 Å². The predicted octanol–water partition coefficient (Wildman–Crippen LogP) is 2.19. The van der Waals surface area contributed by atoms with Crippen molar-refractivity contribution in [3.8, 4) is 5.75 Å². The highest BCUT2D eigenvalue weighted by molar-refractivity contribution is 6.31. The van der Waals surface area contributed by atoms with E-state index in [-0.39, 0.29) is 17.3 Å². The molecule has 1 unspecified atom stereocenters. The van der Waals surface area contributed by atoms with Crippen LogP contribution in [0.15, 0.2) is 18.2 Å². The molecular weight excluding hydrogens is 193 g/mol. The van der Waals surface area contributed by atoms with Crippen molar-refractivity contribution in [3.63, 3.8) is 0 Å². The van der Waals surface area contributed by atoms with Crippen molar-refractivity contribution in [2.75, 3.05) is 6.54 Å². The zero-order chi connectivity index (χ0) is 10.1. The highest BCUT2D eigenvalue weighted by Gasteiger charge is 2.26. The number of halogens is 2. The molecule has 0 bridgehead atoms. The molecule has 1 rings (SSSR count). The molecule has 3 N–H and O–H groups in total. The van der Waals surface area contributed by atoms with Crippen molar-refractivity contribution in [2.24, 2.45) is 5.73 Å². The summed E-state index contributed by atoms with van der Waals surface area (Å²) < 4.78 is 13.7. The molecule has 2 nitrogen and oxygen atoms in total. The van der Waals surface area contributed by atoms with Gasteiger partial charge >= 0.3 is 0 Å². The first kappa shape index (κ1) is 10.3. The van der Waals surface area contributed by atoms with Crippen molar-refractivity contribution in [3.05, 3.63) is 28.8 Å². The van der Waals surface area contributed by atoms with Gasteiger partial charge in [0.15, 0.2) is 0 Å². The minimum absolute atomic E-state index is 0.0153. The Kier molecular flexibility index (Phi) is 2.78. The number of aromatic hydroxyl groups is 1. The molecule has 0 aromatic heterocycles. The summed E-state index contributed by atoms with van der Waals surface area (Å²) in [5.74, 6) is 0.0153. The molecule has 1 aromatic carbocycles. The van der Waals surface area contributed by atoms with Crippen LogP contribution >= 0.6 is 11.6 Å². The fourth-order valence-corrected chi connectivity index (χ4v) is 1.41. The number of benzene rings is 1. The van der Waals surface area contributed by atoms with Gasteiger partial charge in [-0.25, -0.2) is 4.39 Å². The number of hydrogen-bond acceptors (Lipinski definition) is 2. The van der Waals surface area contributed by atoms with E-state index < -0.39 is 5.67 Å². The topological polar surface area (TPSA) is 46.2 Å². The first-order valence-corrected chi connectivity index (χ1v) is 4.23. The molecule has 0 spiro atoms. The molecule has 0 radical (unpaired) electrons. The van der Waals surface area contributed by atoms with E-state index in [1.807, 2.05) is 0 Å². The molecule has 0 amide bonds. The van der Waals surface area contributed by atoms with Crippen molar-refractivity contribution >= 4 is 11.6 Å². The predicted molar refractivity (Wildman–Crippen MR) is 50.6 cm³/mol. The molecule has 72 valence electrons. The number of nitrogens with two attached hydrogens (primary N) is 1. The Morgan fingerprint density at radius 3 is 2.69 bits per heavy atom. The Morgan fingerprint density at radius 2 is 2.23 bits per heavy atom. The average Bonchev–Trinajstić information content (AvgIpc) is 2.03. The zero-order valence-electron chi connectivity index (χ0n) is 7.22. The summed E-state index contributed by atoms with van der Waals surface area (Å²) in [5, 5.41) is 9.23. The normalized spacial score (nSPS) is 15.4. The monoisotopic (exact) mass is 203 g/mol. The van der Waals surface area contributed by atoms with Gasteiger partial charge in [-0.3, -0.25) is 0 Å². The van der Waals surface area contributed by atoms with E-state index >= 15 is 0 Å². The number of alkyl halides is 1. The molecule has 1 aromatic rings. The second-order valence-electron chi connectivity index (χ2n) is 3.07. The van der Waals surface area contributed by atoms with E-state index in [2.05, 4.69) is 0 Å². The summed E-state index contributed by atoms with van der Waals surface area (Å²) >= 11 is 5.74. The molecule has 4 heteroatoms. The quantitative estimate of drug-likeness (QED) is 0.774. The minimum Gasteiger partial charge on any atom is -0.508 e. The van der Waals surface area contributed by atoms with Gasteiger partial charge in [0.25, 0.3) is 0 Å². The van der Waals surface area contributed by atoms with E-state index in [0.29, 0.717) is 5.56 Å². The van der Waals surface area contributed by atoms with E-state index in [4.69, 9.17) is 22.4 Å². The standard InChI is InChI=1S/C9H11ClFNO/c1-9(11,5-12)7-3-2-6(13)4-8(7)10/h2-4,13H,5,12H2,1H3. The Labute approximate surface area is 81.1 Å². The summed E-state index contributed by atoms with van der Waals surface area (Å²) in [7, 11) is 0. The Balaban J connectivity index is 3.16. The number of rotatable bonds is 2. The van der Waals surface area contributed by atoms with Crippen LogP contribution in [0.25, 0.3) is 0 Å². The van der Waals surface area contributed by atoms with Gasteiger partial charge in [0, 0.05) is 12.1 Å². The lowest BCUT2D eigenvalue weighted by Gasteiger charge is -2.19. The maximum absolute atomic E-state index is 13.7. The van der Waals surface area contributed by atoms with Crippen LogP contribution < -0.4 is 5.73 Å². The Bertz CT molecular complexity index is 314. The third-order valence-electron chi connectivity index (χ3n) is 1.90. The highest BCUT2D eigenvalue weighted by Crippen LogP contribution is 2.32. The van der Waals surface area contributed by atoms with Gasteiger partial charge in [-0.05, 0) is 19.1 Å². The fraction of sp³-hybridized carbons (Fsp3) is 0.333. The largest absolute Gasteiger partial charge is 0.508 e. The molecule has 0 fully saturated rings. The van der Waals surface area contributed by atoms with Crippen molar-refractivity contribution < 1.29 is 9.50 Å². The van der Waals surface area contributed by atoms with Gasteiger partial charge in [-0.1, -0.05) is 17.7 Å². The van der Waals surface area contributed by atoms with E-state index in [9.17, 15) is 4.39 Å². The van der Waals surface area contributed by atoms with Crippen LogP contribution in [-0.2, 0) is 5.67 Å². The molecule has 0 aliphatic heterocycles. The molecule has 0 aliphatic carbocycles. The van der Waals surface area contributed by atoms with Gasteiger partial charge < -0.3 is 10.8 Å². The first-order chi connectivity index (χ1) is 5.97. The van der Waals surface area contributed by atoms with Gasteiger partial charge in [0.05, 0.1) is 5.02 Å². The zero-order valence-corrected chi connectivity index (χ0v) is 7.98. The maximum Gasteiger partial charge on any atom is 0.146 e. The number of phenolic OH excluding ortho intramolecular Hbond substituents is 1. The number of hydrogen-bond donors (Lipinski definition) is 2. The lowest BCUT2D eigenvalue weighted by Crippen LogP contribution is -2.26. The third kappa shape index (κ3) is 2.11. The summed E-state index contributed by atoms with van der Waals surface area (Å²) in [4.78, 5) is 0. The molecule has 1 atom stereocenters. The minimum atomic E-state index is -1.65. The van der Waals surface area contributed by atoms with Gasteiger partial charge in [0.2, 0.25) is 0 Å². The van der Waals surface area contributed by atoms with E-state index in [1.165, 1.54) is 25.1 Å². The van der Waals surface area contributed by atoms with E-state index in [1.54, 1.807) is 0 Å². The highest BCUT2D eigenvalue weighted by atomic mass is 35.5. The van der Waals surface area contributed by atoms with Crippen LogP contribution in [0.1, 0.15) is 12.5 Å². The SMILES string of the molecule is CC(F)(CN)c1ccc(O)cc1Cl. The second-order valence-corrected chi connectivity index (χ2v) is 3.47. The molecular formula is C9H11ClFNO.